The third-order valence-corrected chi connectivity index (χ3v) is 7.49. The van der Waals surface area contributed by atoms with E-state index in [1.54, 1.807) is 0 Å². The van der Waals surface area contributed by atoms with E-state index in [0.717, 1.165) is 60.3 Å². The van der Waals surface area contributed by atoms with Crippen LogP contribution in [0.5, 0.6) is 0 Å². The number of hydrogen-bond acceptors (Lipinski definition) is 1. The first-order valence-corrected chi connectivity index (χ1v) is 12.5. The first kappa shape index (κ1) is 20.7. The number of rotatable bonds is 2. The van der Waals surface area contributed by atoms with Gasteiger partial charge in [0.25, 0.3) is 0 Å². The van der Waals surface area contributed by atoms with Crippen molar-refractivity contribution >= 4 is 43.5 Å². The van der Waals surface area contributed by atoms with E-state index in [0.29, 0.717) is 22.8 Å². The van der Waals surface area contributed by atoms with Crippen LogP contribution in [0.4, 0.5) is 4.39 Å². The summed E-state index contributed by atoms with van der Waals surface area (Å²) in [6.45, 7) is 4.16. The van der Waals surface area contributed by atoms with Gasteiger partial charge in [-0.1, -0.05) is 54.6 Å². The molecule has 5 aromatic carbocycles. The van der Waals surface area contributed by atoms with Crippen LogP contribution < -0.4 is 4.57 Å². The Bertz CT molecular complexity index is 2090. The first-order valence-electron chi connectivity index (χ1n) is 13.0. The maximum atomic E-state index is 16.0. The van der Waals surface area contributed by atoms with Gasteiger partial charge in [0, 0.05) is 22.9 Å². The van der Waals surface area contributed by atoms with Crippen LogP contribution in [0.2, 0.25) is 0 Å². The van der Waals surface area contributed by atoms with Crippen molar-refractivity contribution in [2.45, 2.75) is 13.8 Å². The average Bonchev–Trinajstić information content (AvgIpc) is 3.31. The van der Waals surface area contributed by atoms with Crippen molar-refractivity contribution in [3.05, 3.63) is 114 Å². The topological polar surface area (TPSA) is 17.0 Å². The van der Waals surface area contributed by atoms with Crippen molar-refractivity contribution in [1.82, 2.24) is 0 Å². The second kappa shape index (κ2) is 8.01. The number of aromatic nitrogens is 1. The van der Waals surface area contributed by atoms with Crippen LogP contribution in [0.1, 0.15) is 12.5 Å². The summed E-state index contributed by atoms with van der Waals surface area (Å²) in [5.74, 6) is -0.397. The molecule has 7 aromatic rings. The van der Waals surface area contributed by atoms with Crippen LogP contribution in [0.25, 0.3) is 65.9 Å². The highest BCUT2D eigenvalue weighted by atomic mass is 19.1. The summed E-state index contributed by atoms with van der Waals surface area (Å²) in [7, 11) is 2.02. The molecule has 0 saturated heterocycles. The van der Waals surface area contributed by atoms with Crippen LogP contribution in [0.15, 0.2) is 102 Å². The van der Waals surface area contributed by atoms with Gasteiger partial charge in [-0.3, -0.25) is 0 Å². The third kappa shape index (κ3) is 3.14. The molecule has 2 aromatic heterocycles. The zero-order valence-corrected chi connectivity index (χ0v) is 20.9. The normalized spacial score (nSPS) is 12.2. The highest BCUT2D eigenvalue weighted by molar-refractivity contribution is 6.19. The standard InChI is InChI=1S/C34H25FNO/c1-20-18-21(2)31(29-14-8-9-17-36(29)3)34-30(20)26-15-16-28(35)32(33(26)37-34)27-19-22-10-4-5-11-23(22)24-12-6-7-13-25(24)27/h4-19H,1-3H3/q+1/i19D. The second-order valence-electron chi connectivity index (χ2n) is 9.78. The highest BCUT2D eigenvalue weighted by Gasteiger charge is 2.25. The molecule has 2 heterocycles. The van der Waals surface area contributed by atoms with E-state index in [9.17, 15) is 1.37 Å². The minimum absolute atomic E-state index is 0.300. The summed E-state index contributed by atoms with van der Waals surface area (Å²) in [6, 6.07) is 27.7. The molecule has 0 saturated carbocycles. The molecule has 0 aliphatic rings. The lowest BCUT2D eigenvalue weighted by Gasteiger charge is -2.12. The lowest BCUT2D eigenvalue weighted by molar-refractivity contribution is -0.660. The van der Waals surface area contributed by atoms with Gasteiger partial charge in [0.1, 0.15) is 24.0 Å². The Morgan fingerprint density at radius 2 is 1.46 bits per heavy atom. The maximum Gasteiger partial charge on any atom is 0.216 e. The monoisotopic (exact) mass is 483 g/mol. The number of fused-ring (bicyclic) bond motifs is 6. The fourth-order valence-electron chi connectivity index (χ4n) is 5.85. The quantitative estimate of drug-likeness (QED) is 0.177. The van der Waals surface area contributed by atoms with Gasteiger partial charge in [-0.05, 0) is 76.3 Å². The molecule has 0 bridgehead atoms. The summed E-state index contributed by atoms with van der Waals surface area (Å²) in [5, 5.41) is 5.43. The van der Waals surface area contributed by atoms with Crippen molar-refractivity contribution in [1.29, 1.82) is 0 Å². The Kier molecular flexibility index (Phi) is 4.47. The molecule has 2 nitrogen and oxygen atoms in total. The van der Waals surface area contributed by atoms with Gasteiger partial charge in [-0.15, -0.1) is 0 Å². The van der Waals surface area contributed by atoms with E-state index in [-0.39, 0.29) is 0 Å². The minimum Gasteiger partial charge on any atom is -0.454 e. The van der Waals surface area contributed by atoms with E-state index in [4.69, 9.17) is 4.42 Å². The Hall–Kier alpha value is -4.50. The van der Waals surface area contributed by atoms with Gasteiger partial charge in [0.05, 0.1) is 12.5 Å². The zero-order chi connectivity index (χ0) is 26.1. The van der Waals surface area contributed by atoms with Crippen molar-refractivity contribution < 1.29 is 14.7 Å². The van der Waals surface area contributed by atoms with Gasteiger partial charge in [0.2, 0.25) is 5.69 Å². The number of furan rings is 1. The molecule has 0 unspecified atom stereocenters. The number of hydrogen-bond donors (Lipinski definition) is 0. The molecule has 0 N–H and O–H groups in total. The molecule has 0 atom stereocenters. The number of halogens is 1. The number of benzene rings is 5. The molecule has 178 valence electrons. The molecule has 0 spiro atoms. The Balaban J connectivity index is 1.68. The van der Waals surface area contributed by atoms with E-state index >= 15 is 4.39 Å². The summed E-state index contributed by atoms with van der Waals surface area (Å²) in [4.78, 5) is 0. The molecule has 0 fully saturated rings. The largest absolute Gasteiger partial charge is 0.454 e. The minimum atomic E-state index is -0.397. The predicted octanol–water partition coefficient (Wildman–Crippen LogP) is 8.81. The SMILES string of the molecule is [2H]c1c(-c2c(F)ccc3c2oc2c(-c4cccc[n+]4C)c(C)cc(C)c23)c2ccccc2c2ccccc12. The summed E-state index contributed by atoms with van der Waals surface area (Å²) < 4.78 is 34.0. The van der Waals surface area contributed by atoms with Crippen molar-refractivity contribution in [2.75, 3.05) is 0 Å². The maximum absolute atomic E-state index is 16.0. The van der Waals surface area contributed by atoms with Crippen molar-refractivity contribution in [3.63, 3.8) is 0 Å². The fourth-order valence-corrected chi connectivity index (χ4v) is 5.85. The third-order valence-electron chi connectivity index (χ3n) is 7.49. The molecule has 0 radical (unpaired) electrons. The predicted molar refractivity (Wildman–Crippen MR) is 150 cm³/mol. The number of aryl methyl sites for hydroxylation is 3. The molecule has 37 heavy (non-hydrogen) atoms. The van der Waals surface area contributed by atoms with Gasteiger partial charge in [0.15, 0.2) is 6.20 Å². The smallest absolute Gasteiger partial charge is 0.216 e. The molecular weight excluding hydrogens is 457 g/mol. The summed E-state index contributed by atoms with van der Waals surface area (Å²) in [5.41, 5.74) is 6.29. The fraction of sp³-hybridized carbons (Fsp3) is 0.0882. The first-order chi connectivity index (χ1) is 18.5. The van der Waals surface area contributed by atoms with Crippen molar-refractivity contribution in [3.8, 4) is 22.4 Å². The van der Waals surface area contributed by atoms with Crippen LogP contribution in [0, 0.1) is 19.7 Å². The van der Waals surface area contributed by atoms with Crippen molar-refractivity contribution in [2.24, 2.45) is 7.05 Å². The molecule has 0 aliphatic carbocycles. The van der Waals surface area contributed by atoms with Gasteiger partial charge >= 0.3 is 0 Å². The summed E-state index contributed by atoms with van der Waals surface area (Å²) >= 11 is 0. The van der Waals surface area contributed by atoms with Crippen LogP contribution >= 0.6 is 0 Å². The van der Waals surface area contributed by atoms with Gasteiger partial charge in [-0.2, -0.15) is 0 Å². The molecule has 0 aliphatic heterocycles. The number of pyridine rings is 1. The molecular formula is C34H25FNO+. The molecule has 0 amide bonds. The zero-order valence-electron chi connectivity index (χ0n) is 21.9. The average molecular weight is 484 g/mol. The van der Waals surface area contributed by atoms with E-state index in [1.807, 2.05) is 80.0 Å². The van der Waals surface area contributed by atoms with E-state index in [1.165, 1.54) is 6.07 Å². The molecule has 3 heteroatoms. The van der Waals surface area contributed by atoms with Crippen LogP contribution in [-0.2, 0) is 7.05 Å². The van der Waals surface area contributed by atoms with E-state index in [2.05, 4.69) is 30.5 Å². The Morgan fingerprint density at radius 1 is 0.730 bits per heavy atom. The second-order valence-corrected chi connectivity index (χ2v) is 9.78. The Labute approximate surface area is 215 Å². The van der Waals surface area contributed by atoms with Crippen LogP contribution in [-0.4, -0.2) is 0 Å². The van der Waals surface area contributed by atoms with E-state index < -0.39 is 5.82 Å². The molecule has 7 rings (SSSR count). The lowest BCUT2D eigenvalue weighted by Crippen LogP contribution is -2.30. The summed E-state index contributed by atoms with van der Waals surface area (Å²) in [6.07, 6.45) is 2.02. The van der Waals surface area contributed by atoms with Crippen LogP contribution in [0.3, 0.4) is 0 Å². The lowest BCUT2D eigenvalue weighted by atomic mass is 9.91. The Morgan fingerprint density at radius 3 is 2.27 bits per heavy atom. The number of nitrogens with zero attached hydrogens (tertiary/aromatic N) is 1. The van der Waals surface area contributed by atoms with Gasteiger partial charge in [-0.25, -0.2) is 8.96 Å². The van der Waals surface area contributed by atoms with Gasteiger partial charge < -0.3 is 4.42 Å². The highest BCUT2D eigenvalue weighted by Crippen LogP contribution is 2.45.